The highest BCUT2D eigenvalue weighted by Crippen LogP contribution is 2.44. The first-order chi connectivity index (χ1) is 9.08. The predicted octanol–water partition coefficient (Wildman–Crippen LogP) is 1.43. The molecule has 0 atom stereocenters. The second-order valence-electron chi connectivity index (χ2n) is 5.43. The van der Waals surface area contributed by atoms with Gasteiger partial charge in [-0.2, -0.15) is 0 Å². The fourth-order valence-corrected chi connectivity index (χ4v) is 2.13. The summed E-state index contributed by atoms with van der Waals surface area (Å²) in [6.45, 7) is 2.71. The Balaban J connectivity index is 1.93. The molecule has 1 aromatic rings. The minimum atomic E-state index is -0.0493. The van der Waals surface area contributed by atoms with Crippen LogP contribution in [0.25, 0.3) is 0 Å². The van der Waals surface area contributed by atoms with Crippen LogP contribution < -0.4 is 10.1 Å². The van der Waals surface area contributed by atoms with Gasteiger partial charge in [-0.05, 0) is 25.8 Å². The van der Waals surface area contributed by atoms with Gasteiger partial charge in [0.2, 0.25) is 5.91 Å². The monoisotopic (exact) mass is 263 g/mol. The second kappa shape index (κ2) is 5.61. The fraction of sp³-hybridized carbons (Fsp3) is 0.533. The van der Waals surface area contributed by atoms with Crippen molar-refractivity contribution >= 4 is 5.91 Å². The van der Waals surface area contributed by atoms with Gasteiger partial charge in [-0.15, -0.1) is 0 Å². The third kappa shape index (κ3) is 3.47. The normalized spacial score (nSPS) is 15.9. The van der Waals surface area contributed by atoms with Crippen LogP contribution in [-0.2, 0) is 11.2 Å². The number of aliphatic hydroxyl groups excluding tert-OH is 1. The van der Waals surface area contributed by atoms with Crippen LogP contribution >= 0.6 is 0 Å². The smallest absolute Gasteiger partial charge is 0.224 e. The maximum absolute atomic E-state index is 11.9. The van der Waals surface area contributed by atoms with Gasteiger partial charge in [-0.3, -0.25) is 4.79 Å². The van der Waals surface area contributed by atoms with Crippen molar-refractivity contribution in [2.45, 2.75) is 26.2 Å². The van der Waals surface area contributed by atoms with E-state index in [0.717, 1.165) is 29.7 Å². The lowest BCUT2D eigenvalue weighted by molar-refractivity contribution is -0.120. The minimum Gasteiger partial charge on any atom is -0.496 e. The third-order valence-corrected chi connectivity index (χ3v) is 3.74. The van der Waals surface area contributed by atoms with Crippen LogP contribution in [0.2, 0.25) is 0 Å². The molecular weight excluding hydrogens is 242 g/mol. The van der Waals surface area contributed by atoms with E-state index in [1.165, 1.54) is 0 Å². The van der Waals surface area contributed by atoms with E-state index in [9.17, 15) is 9.90 Å². The van der Waals surface area contributed by atoms with Crippen LogP contribution in [0.1, 0.15) is 24.0 Å². The Bertz CT molecular complexity index is 466. The largest absolute Gasteiger partial charge is 0.496 e. The van der Waals surface area contributed by atoms with Gasteiger partial charge in [0.15, 0.2) is 0 Å². The van der Waals surface area contributed by atoms with Crippen molar-refractivity contribution in [1.82, 2.24) is 5.32 Å². The van der Waals surface area contributed by atoms with Gasteiger partial charge in [-0.1, -0.05) is 17.7 Å². The molecule has 4 heteroatoms. The second-order valence-corrected chi connectivity index (χ2v) is 5.43. The lowest BCUT2D eigenvalue weighted by Crippen LogP contribution is -2.32. The lowest BCUT2D eigenvalue weighted by Gasteiger charge is -2.14. The van der Waals surface area contributed by atoms with E-state index in [1.54, 1.807) is 7.11 Å². The molecule has 0 unspecified atom stereocenters. The number of carbonyl (C=O) groups excluding carboxylic acids is 1. The zero-order valence-electron chi connectivity index (χ0n) is 11.5. The van der Waals surface area contributed by atoms with Crippen molar-refractivity contribution in [2.24, 2.45) is 5.41 Å². The number of nitrogens with one attached hydrogen (secondary N) is 1. The highest BCUT2D eigenvalue weighted by atomic mass is 16.5. The molecule has 0 aromatic heterocycles. The van der Waals surface area contributed by atoms with Crippen molar-refractivity contribution in [3.63, 3.8) is 0 Å². The highest BCUT2D eigenvalue weighted by molar-refractivity contribution is 5.79. The Kier molecular flexibility index (Phi) is 4.10. The molecule has 0 heterocycles. The summed E-state index contributed by atoms with van der Waals surface area (Å²) >= 11 is 0. The van der Waals surface area contributed by atoms with Gasteiger partial charge in [0.05, 0.1) is 20.1 Å². The predicted molar refractivity (Wildman–Crippen MR) is 73.2 cm³/mol. The van der Waals surface area contributed by atoms with Crippen molar-refractivity contribution in [3.05, 3.63) is 29.3 Å². The lowest BCUT2D eigenvalue weighted by atomic mass is 10.1. The first kappa shape index (κ1) is 13.9. The number of hydrogen-bond donors (Lipinski definition) is 2. The van der Waals surface area contributed by atoms with Crippen LogP contribution in [0, 0.1) is 12.3 Å². The van der Waals surface area contributed by atoms with E-state index < -0.39 is 0 Å². The summed E-state index contributed by atoms with van der Waals surface area (Å²) in [5.41, 5.74) is 1.96. The average Bonchev–Trinajstić information content (AvgIpc) is 3.17. The summed E-state index contributed by atoms with van der Waals surface area (Å²) in [5, 5.41) is 12.1. The van der Waals surface area contributed by atoms with Crippen LogP contribution in [0.4, 0.5) is 0 Å². The van der Waals surface area contributed by atoms with Crippen LogP contribution in [-0.4, -0.2) is 31.3 Å². The van der Waals surface area contributed by atoms with Gasteiger partial charge in [0, 0.05) is 17.5 Å². The fourth-order valence-electron chi connectivity index (χ4n) is 2.13. The molecule has 4 nitrogen and oxygen atoms in total. The summed E-state index contributed by atoms with van der Waals surface area (Å²) in [4.78, 5) is 11.9. The number of carbonyl (C=O) groups is 1. The molecule has 1 saturated carbocycles. The summed E-state index contributed by atoms with van der Waals surface area (Å²) in [7, 11) is 1.61. The SMILES string of the molecule is COc1ccc(C)cc1CC(=O)NCC1(CO)CC1. The van der Waals surface area contributed by atoms with Crippen LogP contribution in [0.5, 0.6) is 5.75 Å². The number of ether oxygens (including phenoxy) is 1. The highest BCUT2D eigenvalue weighted by Gasteiger charge is 2.41. The molecule has 1 fully saturated rings. The van der Waals surface area contributed by atoms with Crippen molar-refractivity contribution in [3.8, 4) is 5.75 Å². The molecule has 2 rings (SSSR count). The Hall–Kier alpha value is -1.55. The number of benzene rings is 1. The average molecular weight is 263 g/mol. The van der Waals surface area contributed by atoms with Gasteiger partial charge in [-0.25, -0.2) is 0 Å². The molecule has 104 valence electrons. The molecule has 1 aliphatic rings. The van der Waals surface area contributed by atoms with E-state index in [-0.39, 0.29) is 17.9 Å². The van der Waals surface area contributed by atoms with Crippen molar-refractivity contribution in [2.75, 3.05) is 20.3 Å². The molecule has 0 bridgehead atoms. The third-order valence-electron chi connectivity index (χ3n) is 3.74. The number of aliphatic hydroxyl groups is 1. The van der Waals surface area contributed by atoms with Gasteiger partial charge in [0.1, 0.15) is 5.75 Å². The van der Waals surface area contributed by atoms with Crippen molar-refractivity contribution < 1.29 is 14.6 Å². The molecule has 19 heavy (non-hydrogen) atoms. The Morgan fingerprint density at radius 3 is 2.79 bits per heavy atom. The summed E-state index contributed by atoms with van der Waals surface area (Å²) in [6.07, 6.45) is 2.31. The molecule has 0 radical (unpaired) electrons. The van der Waals surface area contributed by atoms with Crippen molar-refractivity contribution in [1.29, 1.82) is 0 Å². The minimum absolute atomic E-state index is 0.0244. The first-order valence-electron chi connectivity index (χ1n) is 6.60. The van der Waals surface area contributed by atoms with E-state index in [4.69, 9.17) is 4.74 Å². The van der Waals surface area contributed by atoms with E-state index >= 15 is 0 Å². The molecule has 1 amide bonds. The number of rotatable bonds is 6. The molecule has 1 aromatic carbocycles. The topological polar surface area (TPSA) is 58.6 Å². The maximum Gasteiger partial charge on any atom is 0.224 e. The van der Waals surface area contributed by atoms with E-state index in [2.05, 4.69) is 5.32 Å². The maximum atomic E-state index is 11.9. The van der Waals surface area contributed by atoms with Gasteiger partial charge in [0.25, 0.3) is 0 Å². The van der Waals surface area contributed by atoms with Gasteiger partial charge >= 0.3 is 0 Å². The number of hydrogen-bond acceptors (Lipinski definition) is 3. The summed E-state index contributed by atoms with van der Waals surface area (Å²) in [5.74, 6) is 0.715. The molecule has 1 aliphatic carbocycles. The van der Waals surface area contributed by atoms with E-state index in [0.29, 0.717) is 13.0 Å². The first-order valence-corrected chi connectivity index (χ1v) is 6.60. The molecular formula is C15H21NO3. The summed E-state index contributed by atoms with van der Waals surface area (Å²) < 4.78 is 5.26. The molecule has 0 saturated heterocycles. The van der Waals surface area contributed by atoms with Crippen LogP contribution in [0.15, 0.2) is 18.2 Å². The Morgan fingerprint density at radius 1 is 1.47 bits per heavy atom. The Labute approximate surface area is 113 Å². The number of amides is 1. The molecule has 0 aliphatic heterocycles. The van der Waals surface area contributed by atoms with Crippen LogP contribution in [0.3, 0.4) is 0 Å². The zero-order chi connectivity index (χ0) is 13.9. The summed E-state index contributed by atoms with van der Waals surface area (Å²) in [6, 6.07) is 5.82. The standard InChI is InChI=1S/C15H21NO3/c1-11-3-4-13(19-2)12(7-11)8-14(18)16-9-15(10-17)5-6-15/h3-4,7,17H,5-6,8-10H2,1-2H3,(H,16,18). The molecule has 0 spiro atoms. The quantitative estimate of drug-likeness (QED) is 0.816. The number of methoxy groups -OCH3 is 1. The van der Waals surface area contributed by atoms with E-state index in [1.807, 2.05) is 25.1 Å². The molecule has 2 N–H and O–H groups in total. The number of aryl methyl sites for hydroxylation is 1. The Morgan fingerprint density at radius 2 is 2.21 bits per heavy atom. The van der Waals surface area contributed by atoms with Gasteiger partial charge < -0.3 is 15.2 Å². The zero-order valence-corrected chi connectivity index (χ0v) is 11.5.